The van der Waals surface area contributed by atoms with Crippen LogP contribution in [0.25, 0.3) is 5.65 Å². The van der Waals surface area contributed by atoms with Crippen molar-refractivity contribution in [3.8, 4) is 0 Å². The van der Waals surface area contributed by atoms with Crippen molar-refractivity contribution in [1.29, 1.82) is 0 Å². The summed E-state index contributed by atoms with van der Waals surface area (Å²) in [6.07, 6.45) is 4.28. The number of nitrogens with zero attached hydrogens (tertiary/aromatic N) is 4. The zero-order valence-corrected chi connectivity index (χ0v) is 16.1. The lowest BCUT2D eigenvalue weighted by Crippen LogP contribution is -2.50. The van der Waals surface area contributed by atoms with Crippen LogP contribution in [0.3, 0.4) is 0 Å². The number of fused-ring (bicyclic) bond motifs is 2. The molecule has 2 aromatic heterocycles. The number of nitrogens with one attached hydrogen (secondary N) is 1. The molecule has 5 rings (SSSR count). The summed E-state index contributed by atoms with van der Waals surface area (Å²) in [7, 11) is 0. The average molecular weight is 389 g/mol. The first-order chi connectivity index (χ1) is 14.2. The number of imidazole rings is 1. The molecule has 1 aromatic carbocycles. The predicted molar refractivity (Wildman–Crippen MR) is 109 cm³/mol. The van der Waals surface area contributed by atoms with Gasteiger partial charge in [0, 0.05) is 57.2 Å². The number of rotatable bonds is 3. The molecule has 1 saturated heterocycles. The fourth-order valence-electron chi connectivity index (χ4n) is 4.27. The number of anilines is 1. The second-order valence-electron chi connectivity index (χ2n) is 7.69. The standard InChI is InChI=1S/C22H23N5O2/c28-21-13-18(17-5-1-2-6-19(17)24-21)22(29)26-11-9-25(10-12-26)14-16-15-27-8-4-3-7-20(27)23-16/h1-8,15,18H,9-14H2,(H,24,28). The molecule has 0 radical (unpaired) electrons. The SMILES string of the molecule is O=C1CC(C(=O)N2CCN(Cc3cn4ccccc4n3)CC2)c2ccccc2N1. The number of carbonyl (C=O) groups excluding carboxylic acids is 2. The van der Waals surface area contributed by atoms with Crippen LogP contribution in [0.15, 0.2) is 54.9 Å². The molecule has 1 unspecified atom stereocenters. The Bertz CT molecular complexity index is 1030. The van der Waals surface area contributed by atoms with Crippen molar-refractivity contribution in [3.05, 3.63) is 66.1 Å². The lowest BCUT2D eigenvalue weighted by Gasteiger charge is -2.37. The molecule has 0 saturated carbocycles. The molecule has 4 heterocycles. The highest BCUT2D eigenvalue weighted by atomic mass is 16.2. The summed E-state index contributed by atoms with van der Waals surface area (Å²) in [6, 6.07) is 13.6. The van der Waals surface area contributed by atoms with Gasteiger partial charge in [-0.2, -0.15) is 0 Å². The zero-order chi connectivity index (χ0) is 19.8. The van der Waals surface area contributed by atoms with E-state index in [0.717, 1.165) is 42.2 Å². The zero-order valence-electron chi connectivity index (χ0n) is 16.1. The Morgan fingerprint density at radius 3 is 2.69 bits per heavy atom. The Balaban J connectivity index is 1.23. The lowest BCUT2D eigenvalue weighted by molar-refractivity contribution is -0.136. The summed E-state index contributed by atoms with van der Waals surface area (Å²) in [4.78, 5) is 34.1. The van der Waals surface area contributed by atoms with Gasteiger partial charge in [0.1, 0.15) is 5.65 Å². The predicted octanol–water partition coefficient (Wildman–Crippen LogP) is 2.10. The first-order valence-electron chi connectivity index (χ1n) is 10.00. The number of aromatic nitrogens is 2. The van der Waals surface area contributed by atoms with Crippen molar-refractivity contribution in [3.63, 3.8) is 0 Å². The van der Waals surface area contributed by atoms with E-state index in [9.17, 15) is 9.59 Å². The van der Waals surface area contributed by atoms with Crippen molar-refractivity contribution in [2.75, 3.05) is 31.5 Å². The highest BCUT2D eigenvalue weighted by Crippen LogP contribution is 2.33. The third kappa shape index (κ3) is 3.49. The minimum Gasteiger partial charge on any atom is -0.340 e. The van der Waals surface area contributed by atoms with Crippen molar-refractivity contribution in [2.24, 2.45) is 0 Å². The summed E-state index contributed by atoms with van der Waals surface area (Å²) in [5.74, 6) is -0.419. The van der Waals surface area contributed by atoms with Crippen LogP contribution in [-0.2, 0) is 16.1 Å². The fourth-order valence-corrected chi connectivity index (χ4v) is 4.27. The molecule has 1 atom stereocenters. The van der Waals surface area contributed by atoms with Crippen molar-refractivity contribution >= 4 is 23.1 Å². The van der Waals surface area contributed by atoms with Gasteiger partial charge >= 0.3 is 0 Å². The van der Waals surface area contributed by atoms with Crippen molar-refractivity contribution in [1.82, 2.24) is 19.2 Å². The molecule has 0 bridgehead atoms. The minimum absolute atomic E-state index is 0.0553. The maximum absolute atomic E-state index is 13.2. The van der Waals surface area contributed by atoms with Gasteiger partial charge in [0.2, 0.25) is 11.8 Å². The first-order valence-corrected chi connectivity index (χ1v) is 10.00. The smallest absolute Gasteiger partial charge is 0.230 e. The second-order valence-corrected chi connectivity index (χ2v) is 7.69. The molecule has 0 spiro atoms. The Labute approximate surface area is 168 Å². The highest BCUT2D eigenvalue weighted by molar-refractivity contribution is 6.01. The summed E-state index contributed by atoms with van der Waals surface area (Å²) in [5, 5.41) is 2.87. The molecule has 2 aliphatic rings. The van der Waals surface area contributed by atoms with Crippen molar-refractivity contribution < 1.29 is 9.59 Å². The highest BCUT2D eigenvalue weighted by Gasteiger charge is 2.34. The molecule has 29 heavy (non-hydrogen) atoms. The molecule has 2 aliphatic heterocycles. The average Bonchev–Trinajstić information content (AvgIpc) is 3.15. The Kier molecular flexibility index (Phi) is 4.52. The number of benzene rings is 1. The monoisotopic (exact) mass is 389 g/mol. The fraction of sp³-hybridized carbons (Fsp3) is 0.318. The quantitative estimate of drug-likeness (QED) is 0.745. The van der Waals surface area contributed by atoms with Gasteiger partial charge in [-0.1, -0.05) is 24.3 Å². The van der Waals surface area contributed by atoms with E-state index < -0.39 is 0 Å². The van der Waals surface area contributed by atoms with Gasteiger partial charge in [-0.3, -0.25) is 14.5 Å². The summed E-state index contributed by atoms with van der Waals surface area (Å²) < 4.78 is 2.03. The van der Waals surface area contributed by atoms with Crippen LogP contribution >= 0.6 is 0 Å². The van der Waals surface area contributed by atoms with E-state index >= 15 is 0 Å². The van der Waals surface area contributed by atoms with E-state index in [2.05, 4.69) is 21.4 Å². The summed E-state index contributed by atoms with van der Waals surface area (Å²) >= 11 is 0. The lowest BCUT2D eigenvalue weighted by atomic mass is 9.89. The Morgan fingerprint density at radius 2 is 1.86 bits per heavy atom. The number of carbonyl (C=O) groups is 2. The number of piperazine rings is 1. The van der Waals surface area contributed by atoms with Gasteiger partial charge in [0.25, 0.3) is 0 Å². The molecule has 7 heteroatoms. The van der Waals surface area contributed by atoms with E-state index in [1.807, 2.05) is 58.0 Å². The maximum atomic E-state index is 13.2. The van der Waals surface area contributed by atoms with Crippen LogP contribution in [-0.4, -0.2) is 57.2 Å². The molecule has 1 N–H and O–H groups in total. The number of pyridine rings is 1. The van der Waals surface area contributed by atoms with Crippen LogP contribution in [0.2, 0.25) is 0 Å². The van der Waals surface area contributed by atoms with E-state index in [0.29, 0.717) is 13.1 Å². The van der Waals surface area contributed by atoms with Gasteiger partial charge in [-0.25, -0.2) is 4.98 Å². The summed E-state index contributed by atoms with van der Waals surface area (Å²) in [5.41, 5.74) is 3.66. The molecule has 2 amide bonds. The number of amides is 2. The molecule has 148 valence electrons. The van der Waals surface area contributed by atoms with E-state index in [1.165, 1.54) is 0 Å². The Hall–Kier alpha value is -3.19. The third-order valence-corrected chi connectivity index (χ3v) is 5.78. The summed E-state index contributed by atoms with van der Waals surface area (Å²) in [6.45, 7) is 3.73. The van der Waals surface area contributed by atoms with Gasteiger partial charge in [-0.15, -0.1) is 0 Å². The molecule has 1 fully saturated rings. The van der Waals surface area contributed by atoms with Crippen LogP contribution in [0, 0.1) is 0 Å². The van der Waals surface area contributed by atoms with Crippen LogP contribution in [0.1, 0.15) is 23.6 Å². The van der Waals surface area contributed by atoms with Crippen LogP contribution in [0.4, 0.5) is 5.69 Å². The largest absolute Gasteiger partial charge is 0.340 e. The van der Waals surface area contributed by atoms with Gasteiger partial charge in [0.05, 0.1) is 11.6 Å². The van der Waals surface area contributed by atoms with E-state index in [4.69, 9.17) is 0 Å². The first kappa shape index (κ1) is 17.9. The maximum Gasteiger partial charge on any atom is 0.230 e. The van der Waals surface area contributed by atoms with E-state index in [-0.39, 0.29) is 24.2 Å². The van der Waals surface area contributed by atoms with E-state index in [1.54, 1.807) is 0 Å². The number of hydrogen-bond acceptors (Lipinski definition) is 4. The van der Waals surface area contributed by atoms with Crippen molar-refractivity contribution in [2.45, 2.75) is 18.9 Å². The van der Waals surface area contributed by atoms with Crippen LogP contribution in [0.5, 0.6) is 0 Å². The second kappa shape index (κ2) is 7.33. The molecule has 0 aliphatic carbocycles. The molecular formula is C22H23N5O2. The van der Waals surface area contributed by atoms with Crippen LogP contribution < -0.4 is 5.32 Å². The third-order valence-electron chi connectivity index (χ3n) is 5.78. The molecule has 7 nitrogen and oxygen atoms in total. The number of para-hydroxylation sites is 1. The minimum atomic E-state index is -0.384. The molecular weight excluding hydrogens is 366 g/mol. The molecule has 3 aromatic rings. The van der Waals surface area contributed by atoms with Gasteiger partial charge in [0.15, 0.2) is 0 Å². The normalized spacial score (nSPS) is 19.8. The van der Waals surface area contributed by atoms with Gasteiger partial charge in [-0.05, 0) is 23.8 Å². The van der Waals surface area contributed by atoms with Gasteiger partial charge < -0.3 is 14.6 Å². The number of hydrogen-bond donors (Lipinski definition) is 1. The Morgan fingerprint density at radius 1 is 1.07 bits per heavy atom. The topological polar surface area (TPSA) is 70.0 Å².